The summed E-state index contributed by atoms with van der Waals surface area (Å²) in [6.07, 6.45) is 4.50. The summed E-state index contributed by atoms with van der Waals surface area (Å²) < 4.78 is 6.94. The van der Waals surface area contributed by atoms with Gasteiger partial charge in [-0.3, -0.25) is 24.1 Å². The second-order valence-corrected chi connectivity index (χ2v) is 9.39. The van der Waals surface area contributed by atoms with Crippen molar-refractivity contribution in [3.63, 3.8) is 0 Å². The molecule has 3 N–H and O–H groups in total. The molecule has 3 amide bonds. The molecule has 1 aliphatic rings. The van der Waals surface area contributed by atoms with Gasteiger partial charge in [0.2, 0.25) is 5.91 Å². The van der Waals surface area contributed by atoms with Gasteiger partial charge in [-0.25, -0.2) is 4.79 Å². The van der Waals surface area contributed by atoms with Crippen LogP contribution >= 0.6 is 11.6 Å². The van der Waals surface area contributed by atoms with E-state index in [-0.39, 0.29) is 18.1 Å². The number of hydrogen-bond donors (Lipinski definition) is 3. The molecule has 3 rings (SSSR count). The molecule has 1 heterocycles. The number of nitrogens with zero attached hydrogens (tertiary/aromatic N) is 2. The number of halogens is 1. The van der Waals surface area contributed by atoms with Crippen LogP contribution in [0.25, 0.3) is 0 Å². The van der Waals surface area contributed by atoms with E-state index in [4.69, 9.17) is 21.4 Å². The van der Waals surface area contributed by atoms with Crippen LogP contribution in [0.1, 0.15) is 48.5 Å². The molecular formula is C26H30ClN4O7+. The number of carbonyl (C=O) groups excluding carboxylic acids is 4. The van der Waals surface area contributed by atoms with E-state index >= 15 is 0 Å². The number of carbonyl (C=O) groups is 5. The van der Waals surface area contributed by atoms with Gasteiger partial charge < -0.3 is 20.5 Å². The van der Waals surface area contributed by atoms with Crippen molar-refractivity contribution in [3.8, 4) is 0 Å². The highest BCUT2D eigenvalue weighted by atomic mass is 35.5. The van der Waals surface area contributed by atoms with Gasteiger partial charge in [0.15, 0.2) is 18.2 Å². The topological polar surface area (TPSA) is 146 Å². The number of carboxylic acid groups (broad SMARTS) is 1. The van der Waals surface area contributed by atoms with Gasteiger partial charge in [-0.1, -0.05) is 29.8 Å². The minimum absolute atomic E-state index is 0.107. The summed E-state index contributed by atoms with van der Waals surface area (Å²) in [6, 6.07) is 8.93. The summed E-state index contributed by atoms with van der Waals surface area (Å²) in [5.74, 6) is -2.53. The second kappa shape index (κ2) is 12.5. The van der Waals surface area contributed by atoms with Crippen LogP contribution in [0.5, 0.6) is 0 Å². The van der Waals surface area contributed by atoms with Crippen LogP contribution in [0.15, 0.2) is 48.8 Å². The monoisotopic (exact) mass is 545 g/mol. The first-order valence-electron chi connectivity index (χ1n) is 12.0. The van der Waals surface area contributed by atoms with Crippen molar-refractivity contribution in [3.05, 3.63) is 64.9 Å². The molecule has 1 saturated carbocycles. The van der Waals surface area contributed by atoms with Gasteiger partial charge in [0.05, 0.1) is 6.54 Å². The third-order valence-corrected chi connectivity index (χ3v) is 6.76. The molecule has 11 nitrogen and oxygen atoms in total. The lowest BCUT2D eigenvalue weighted by Crippen LogP contribution is -2.55. The smallest absolute Gasteiger partial charge is 0.415 e. The zero-order valence-electron chi connectivity index (χ0n) is 21.1. The Labute approximate surface area is 224 Å². The number of benzene rings is 1. The Morgan fingerprint density at radius 3 is 2.61 bits per heavy atom. The number of aliphatic carboxylic acids is 1. The number of pyridine rings is 1. The summed E-state index contributed by atoms with van der Waals surface area (Å²) in [4.78, 5) is 62.7. The summed E-state index contributed by atoms with van der Waals surface area (Å²) in [7, 11) is 1.51. The Morgan fingerprint density at radius 2 is 1.92 bits per heavy atom. The van der Waals surface area contributed by atoms with Crippen molar-refractivity contribution in [2.75, 3.05) is 13.6 Å². The maximum absolute atomic E-state index is 13.2. The quantitative estimate of drug-likeness (QED) is 0.408. The molecule has 0 aliphatic heterocycles. The maximum Gasteiger partial charge on any atom is 0.415 e. The maximum atomic E-state index is 13.2. The van der Waals surface area contributed by atoms with Gasteiger partial charge in [0.1, 0.15) is 17.1 Å². The number of Topliss-reactive ketones (excluding diaryl/α,β-unsaturated/α-hetero) is 1. The van der Waals surface area contributed by atoms with Crippen LogP contribution in [0.3, 0.4) is 0 Å². The van der Waals surface area contributed by atoms with Crippen LogP contribution in [-0.4, -0.2) is 59.3 Å². The summed E-state index contributed by atoms with van der Waals surface area (Å²) in [5.41, 5.74) is -0.497. The van der Waals surface area contributed by atoms with Crippen molar-refractivity contribution >= 4 is 41.3 Å². The molecule has 0 bridgehead atoms. The molecule has 0 radical (unpaired) electrons. The minimum atomic E-state index is -1.24. The number of aromatic nitrogens is 1. The van der Waals surface area contributed by atoms with E-state index in [1.54, 1.807) is 36.5 Å². The van der Waals surface area contributed by atoms with Crippen LogP contribution in [0, 0.1) is 0 Å². The van der Waals surface area contributed by atoms with Gasteiger partial charge in [-0.15, -0.1) is 0 Å². The fourth-order valence-corrected chi connectivity index (χ4v) is 4.66. The molecule has 2 atom stereocenters. The molecular weight excluding hydrogens is 516 g/mol. The van der Waals surface area contributed by atoms with Gasteiger partial charge in [-0.05, 0) is 38.3 Å². The van der Waals surface area contributed by atoms with E-state index in [1.165, 1.54) is 35.7 Å². The third-order valence-electron chi connectivity index (χ3n) is 6.43. The highest BCUT2D eigenvalue weighted by molar-refractivity contribution is 6.31. The number of nitrogens with one attached hydrogen (secondary N) is 2. The van der Waals surface area contributed by atoms with E-state index in [0.717, 1.165) is 12.8 Å². The van der Waals surface area contributed by atoms with Crippen molar-refractivity contribution in [2.45, 2.75) is 50.9 Å². The van der Waals surface area contributed by atoms with E-state index in [9.17, 15) is 24.0 Å². The Morgan fingerprint density at radius 1 is 1.18 bits per heavy atom. The first kappa shape index (κ1) is 28.6. The van der Waals surface area contributed by atoms with E-state index in [1.807, 2.05) is 0 Å². The van der Waals surface area contributed by atoms with Crippen molar-refractivity contribution in [1.82, 2.24) is 15.5 Å². The summed E-state index contributed by atoms with van der Waals surface area (Å²) in [5, 5.41) is 13.9. The molecule has 2 unspecified atom stereocenters. The molecule has 2 aromatic rings. The van der Waals surface area contributed by atoms with Crippen LogP contribution in [0.4, 0.5) is 4.79 Å². The van der Waals surface area contributed by atoms with Crippen LogP contribution < -0.4 is 15.2 Å². The van der Waals surface area contributed by atoms with Gasteiger partial charge in [0, 0.05) is 30.1 Å². The van der Waals surface area contributed by atoms with Crippen molar-refractivity contribution < 1.29 is 38.4 Å². The number of ether oxygens (including phenoxy) is 1. The van der Waals surface area contributed by atoms with Gasteiger partial charge >= 0.3 is 12.1 Å². The van der Waals surface area contributed by atoms with Crippen molar-refractivity contribution in [1.29, 1.82) is 0 Å². The molecule has 38 heavy (non-hydrogen) atoms. The number of ketones is 1. The summed E-state index contributed by atoms with van der Waals surface area (Å²) >= 11 is 6.44. The lowest BCUT2D eigenvalue weighted by molar-refractivity contribution is -0.727. The van der Waals surface area contributed by atoms with E-state index in [0.29, 0.717) is 23.4 Å². The Hall–Kier alpha value is -3.99. The molecule has 1 fully saturated rings. The highest BCUT2D eigenvalue weighted by Gasteiger charge is 2.48. The average molecular weight is 546 g/mol. The third kappa shape index (κ3) is 6.46. The minimum Gasteiger partial charge on any atom is -0.480 e. The number of hydrogen-bond acceptors (Lipinski definition) is 6. The molecule has 0 saturated heterocycles. The number of carboxylic acids is 1. The lowest BCUT2D eigenvalue weighted by atomic mass is 9.74. The zero-order valence-corrected chi connectivity index (χ0v) is 21.9. The molecule has 1 aliphatic carbocycles. The lowest BCUT2D eigenvalue weighted by Gasteiger charge is -2.43. The first-order chi connectivity index (χ1) is 18.1. The predicted octanol–water partition coefficient (Wildman–Crippen LogP) is 2.01. The Balaban J connectivity index is 1.66. The molecule has 202 valence electrons. The van der Waals surface area contributed by atoms with E-state index in [2.05, 4.69) is 10.6 Å². The van der Waals surface area contributed by atoms with Crippen molar-refractivity contribution in [2.24, 2.45) is 0 Å². The standard InChI is InChI=1S/C26H29ClN4O7/c1-17(24(35)36)29-22(33)14-28-23(34)18-8-7-13-31(15-18)16-38-25(37)30(2)26(12-6-5-11-21(26)32)19-9-3-4-10-20(19)27/h3-4,7-10,13,15,17H,5-6,11-12,14,16H2,1-2H3,(H2-,28,29,33,34,35,36)/p+1. The number of amides is 3. The molecule has 1 aromatic heterocycles. The largest absolute Gasteiger partial charge is 0.480 e. The Bertz CT molecular complexity index is 1240. The second-order valence-electron chi connectivity index (χ2n) is 8.99. The fourth-order valence-electron chi connectivity index (χ4n) is 4.37. The molecule has 12 heteroatoms. The summed E-state index contributed by atoms with van der Waals surface area (Å²) in [6.45, 7) is 0.651. The number of rotatable bonds is 9. The number of likely N-dealkylation sites (N-methyl/N-ethyl adjacent to an activating group) is 1. The first-order valence-corrected chi connectivity index (χ1v) is 12.4. The highest BCUT2D eigenvalue weighted by Crippen LogP contribution is 2.42. The van der Waals surface area contributed by atoms with Gasteiger partial charge in [-0.2, -0.15) is 4.57 Å². The fraction of sp³-hybridized carbons (Fsp3) is 0.385. The predicted molar refractivity (Wildman–Crippen MR) is 135 cm³/mol. The molecule has 0 spiro atoms. The Kier molecular flexibility index (Phi) is 9.40. The normalized spacial score (nSPS) is 17.7. The van der Waals surface area contributed by atoms with Crippen LogP contribution in [0.2, 0.25) is 5.02 Å². The SMILES string of the molecule is CC(NC(=O)CNC(=O)c1ccc[n+](COC(=O)N(C)C2(c3ccccc3Cl)CCCCC2=O)c1)C(=O)O. The van der Waals surface area contributed by atoms with E-state index < -0.39 is 42.0 Å². The molecule has 1 aromatic carbocycles. The zero-order chi connectivity index (χ0) is 27.9. The average Bonchev–Trinajstić information content (AvgIpc) is 2.90. The van der Waals surface area contributed by atoms with Crippen LogP contribution in [-0.2, 0) is 31.4 Å². The van der Waals surface area contributed by atoms with Gasteiger partial charge in [0.25, 0.3) is 12.6 Å².